The molecule has 0 unspecified atom stereocenters. The van der Waals surface area contributed by atoms with Crippen molar-refractivity contribution in [3.8, 4) is 0 Å². The minimum Gasteiger partial charge on any atom is -0.385 e. The molecule has 0 aliphatic rings. The zero-order chi connectivity index (χ0) is 13.5. The SMILES string of the molecule is CCNc1ccc(/C=C/c2ccncc2)cc1CC. The highest BCUT2D eigenvalue weighted by atomic mass is 14.9. The third-order valence-corrected chi connectivity index (χ3v) is 3.05. The maximum absolute atomic E-state index is 4.02. The number of benzene rings is 1. The van der Waals surface area contributed by atoms with Gasteiger partial charge in [0.05, 0.1) is 0 Å². The summed E-state index contributed by atoms with van der Waals surface area (Å²) >= 11 is 0. The highest BCUT2D eigenvalue weighted by Crippen LogP contribution is 2.19. The van der Waals surface area contributed by atoms with Gasteiger partial charge in [0.15, 0.2) is 0 Å². The van der Waals surface area contributed by atoms with Crippen molar-refractivity contribution in [1.82, 2.24) is 4.98 Å². The maximum Gasteiger partial charge on any atom is 0.0372 e. The standard InChI is InChI=1S/C17H20N2/c1-3-16-13-15(7-8-17(16)19-4-2)6-5-14-9-11-18-12-10-14/h5-13,19H,3-4H2,1-2H3/b6-5+. The number of aromatic nitrogens is 1. The Morgan fingerprint density at radius 3 is 2.42 bits per heavy atom. The van der Waals surface area contributed by atoms with E-state index in [0.717, 1.165) is 13.0 Å². The Hall–Kier alpha value is -2.09. The first-order valence-electron chi connectivity index (χ1n) is 6.78. The second-order valence-electron chi connectivity index (χ2n) is 4.41. The highest BCUT2D eigenvalue weighted by Gasteiger charge is 1.99. The lowest BCUT2D eigenvalue weighted by atomic mass is 10.1. The van der Waals surface area contributed by atoms with Gasteiger partial charge in [-0.2, -0.15) is 0 Å². The molecule has 0 saturated heterocycles. The Bertz CT molecular complexity index is 544. The molecule has 1 aromatic carbocycles. The van der Waals surface area contributed by atoms with Crippen molar-refractivity contribution >= 4 is 17.8 Å². The second kappa shape index (κ2) is 6.74. The van der Waals surface area contributed by atoms with Crippen LogP contribution in [0, 0.1) is 0 Å². The van der Waals surface area contributed by atoms with E-state index in [1.165, 1.54) is 22.4 Å². The molecule has 0 bridgehead atoms. The van der Waals surface area contributed by atoms with Crippen molar-refractivity contribution in [2.24, 2.45) is 0 Å². The van der Waals surface area contributed by atoms with Crippen molar-refractivity contribution in [2.75, 3.05) is 11.9 Å². The predicted molar refractivity (Wildman–Crippen MR) is 83.1 cm³/mol. The molecule has 1 heterocycles. The summed E-state index contributed by atoms with van der Waals surface area (Å²) in [5.74, 6) is 0. The largest absolute Gasteiger partial charge is 0.385 e. The van der Waals surface area contributed by atoms with Gasteiger partial charge in [0, 0.05) is 24.6 Å². The second-order valence-corrected chi connectivity index (χ2v) is 4.41. The fraction of sp³-hybridized carbons (Fsp3) is 0.235. The molecule has 0 amide bonds. The van der Waals surface area contributed by atoms with Gasteiger partial charge in [-0.15, -0.1) is 0 Å². The van der Waals surface area contributed by atoms with E-state index in [-0.39, 0.29) is 0 Å². The first-order valence-corrected chi connectivity index (χ1v) is 6.78. The molecule has 19 heavy (non-hydrogen) atoms. The molecule has 0 atom stereocenters. The zero-order valence-corrected chi connectivity index (χ0v) is 11.6. The molecule has 2 rings (SSSR count). The fourth-order valence-electron chi connectivity index (χ4n) is 2.04. The van der Waals surface area contributed by atoms with E-state index >= 15 is 0 Å². The number of pyridine rings is 1. The molecule has 1 N–H and O–H groups in total. The van der Waals surface area contributed by atoms with Crippen LogP contribution in [0.4, 0.5) is 5.69 Å². The summed E-state index contributed by atoms with van der Waals surface area (Å²) in [7, 11) is 0. The molecule has 2 heteroatoms. The van der Waals surface area contributed by atoms with Gasteiger partial charge in [0.2, 0.25) is 0 Å². The van der Waals surface area contributed by atoms with Gasteiger partial charge < -0.3 is 5.32 Å². The average Bonchev–Trinajstić information content (AvgIpc) is 2.47. The van der Waals surface area contributed by atoms with Gasteiger partial charge in [0.1, 0.15) is 0 Å². The summed E-state index contributed by atoms with van der Waals surface area (Å²) < 4.78 is 0. The topological polar surface area (TPSA) is 24.9 Å². The van der Waals surface area contributed by atoms with Crippen LogP contribution < -0.4 is 5.32 Å². The van der Waals surface area contributed by atoms with Crippen molar-refractivity contribution in [2.45, 2.75) is 20.3 Å². The molecule has 0 aliphatic heterocycles. The van der Waals surface area contributed by atoms with Crippen LogP contribution in [0.25, 0.3) is 12.2 Å². The molecule has 2 nitrogen and oxygen atoms in total. The Morgan fingerprint density at radius 2 is 1.74 bits per heavy atom. The number of aryl methyl sites for hydroxylation is 1. The molecule has 98 valence electrons. The number of anilines is 1. The summed E-state index contributed by atoms with van der Waals surface area (Å²) in [6, 6.07) is 10.6. The van der Waals surface area contributed by atoms with E-state index in [1.807, 2.05) is 24.5 Å². The number of hydrogen-bond acceptors (Lipinski definition) is 2. The molecule has 0 aliphatic carbocycles. The minimum atomic E-state index is 0.958. The number of nitrogens with zero attached hydrogens (tertiary/aromatic N) is 1. The highest BCUT2D eigenvalue weighted by molar-refractivity contribution is 5.71. The summed E-state index contributed by atoms with van der Waals surface area (Å²) in [5, 5.41) is 3.40. The van der Waals surface area contributed by atoms with E-state index in [9.17, 15) is 0 Å². The van der Waals surface area contributed by atoms with E-state index < -0.39 is 0 Å². The Kier molecular flexibility index (Phi) is 4.73. The van der Waals surface area contributed by atoms with Gasteiger partial charge in [-0.05, 0) is 54.3 Å². The summed E-state index contributed by atoms with van der Waals surface area (Å²) in [6.45, 7) is 5.27. The molecular formula is C17H20N2. The summed E-state index contributed by atoms with van der Waals surface area (Å²) in [5.41, 5.74) is 5.00. The Balaban J connectivity index is 2.19. The minimum absolute atomic E-state index is 0.958. The first kappa shape index (κ1) is 13.3. The molecule has 0 radical (unpaired) electrons. The van der Waals surface area contributed by atoms with Crippen molar-refractivity contribution in [3.05, 3.63) is 59.4 Å². The van der Waals surface area contributed by atoms with Gasteiger partial charge in [-0.3, -0.25) is 4.98 Å². The molecule has 2 aromatic rings. The molecule has 0 fully saturated rings. The summed E-state index contributed by atoms with van der Waals surface area (Å²) in [4.78, 5) is 4.02. The molecule has 0 spiro atoms. The van der Waals surface area contributed by atoms with E-state index in [1.54, 1.807) is 0 Å². The predicted octanol–water partition coefficient (Wildman–Crippen LogP) is 4.25. The van der Waals surface area contributed by atoms with Gasteiger partial charge in [0.25, 0.3) is 0 Å². The van der Waals surface area contributed by atoms with Crippen molar-refractivity contribution in [3.63, 3.8) is 0 Å². The Morgan fingerprint density at radius 1 is 1.00 bits per heavy atom. The van der Waals surface area contributed by atoms with Crippen LogP contribution in [-0.2, 0) is 6.42 Å². The fourth-order valence-corrected chi connectivity index (χ4v) is 2.04. The van der Waals surface area contributed by atoms with E-state index in [0.29, 0.717) is 0 Å². The van der Waals surface area contributed by atoms with Crippen molar-refractivity contribution < 1.29 is 0 Å². The van der Waals surface area contributed by atoms with E-state index in [2.05, 4.69) is 54.5 Å². The number of hydrogen-bond donors (Lipinski definition) is 1. The van der Waals surface area contributed by atoms with Crippen molar-refractivity contribution in [1.29, 1.82) is 0 Å². The molecular weight excluding hydrogens is 232 g/mol. The van der Waals surface area contributed by atoms with Gasteiger partial charge in [-0.25, -0.2) is 0 Å². The zero-order valence-electron chi connectivity index (χ0n) is 11.6. The van der Waals surface area contributed by atoms with Crippen LogP contribution in [0.3, 0.4) is 0 Å². The third-order valence-electron chi connectivity index (χ3n) is 3.05. The monoisotopic (exact) mass is 252 g/mol. The number of nitrogens with one attached hydrogen (secondary N) is 1. The van der Waals surface area contributed by atoms with Crippen LogP contribution in [0.2, 0.25) is 0 Å². The van der Waals surface area contributed by atoms with Crippen LogP contribution in [0.15, 0.2) is 42.7 Å². The lowest BCUT2D eigenvalue weighted by molar-refractivity contribution is 1.11. The quantitative estimate of drug-likeness (QED) is 0.860. The van der Waals surface area contributed by atoms with E-state index in [4.69, 9.17) is 0 Å². The smallest absolute Gasteiger partial charge is 0.0372 e. The normalized spacial score (nSPS) is 10.8. The van der Waals surface area contributed by atoms with Gasteiger partial charge in [-0.1, -0.05) is 25.1 Å². The van der Waals surface area contributed by atoms with Crippen LogP contribution in [0.1, 0.15) is 30.5 Å². The molecule has 0 saturated carbocycles. The third kappa shape index (κ3) is 3.68. The Labute approximate surface area is 115 Å². The van der Waals surface area contributed by atoms with Crippen LogP contribution >= 0.6 is 0 Å². The lowest BCUT2D eigenvalue weighted by Gasteiger charge is -2.10. The van der Waals surface area contributed by atoms with Crippen LogP contribution in [-0.4, -0.2) is 11.5 Å². The van der Waals surface area contributed by atoms with Gasteiger partial charge >= 0.3 is 0 Å². The summed E-state index contributed by atoms with van der Waals surface area (Å²) in [6.07, 6.45) is 8.92. The average molecular weight is 252 g/mol. The maximum atomic E-state index is 4.02. The lowest BCUT2D eigenvalue weighted by Crippen LogP contribution is -2.00. The molecule has 1 aromatic heterocycles. The first-order chi connectivity index (χ1) is 9.33. The van der Waals surface area contributed by atoms with Crippen LogP contribution in [0.5, 0.6) is 0 Å². The number of rotatable bonds is 5.